The second-order valence-corrected chi connectivity index (χ2v) is 5.09. The molecule has 0 atom stereocenters. The van der Waals surface area contributed by atoms with E-state index in [4.69, 9.17) is 4.74 Å². The molecule has 0 aliphatic rings. The molecule has 0 aliphatic heterocycles. The molecule has 0 spiro atoms. The molecule has 22 heavy (non-hydrogen) atoms. The van der Waals surface area contributed by atoms with Gasteiger partial charge in [-0.2, -0.15) is 0 Å². The van der Waals surface area contributed by atoms with E-state index < -0.39 is 0 Å². The molecule has 2 aromatic carbocycles. The van der Waals surface area contributed by atoms with E-state index in [0.717, 1.165) is 28.5 Å². The number of carbonyl (C=O) groups excluding carboxylic acids is 1. The van der Waals surface area contributed by atoms with Gasteiger partial charge >= 0.3 is 5.97 Å². The fourth-order valence-corrected chi connectivity index (χ4v) is 2.55. The molecule has 3 rings (SSSR count). The number of hydrogen-bond acceptors (Lipinski definition) is 3. The number of aromatic nitrogens is 1. The standard InChI is InChI=1S/C19H17NO2/c1-2-22-19(21)17-9-3-6-14(13-17)12-16-8-4-7-15-10-5-11-20-18(15)16/h3-11,13H,2,12H2,1H3. The maximum absolute atomic E-state index is 11.8. The number of pyridine rings is 1. The first-order valence-corrected chi connectivity index (χ1v) is 7.36. The molecule has 0 N–H and O–H groups in total. The quantitative estimate of drug-likeness (QED) is 0.682. The summed E-state index contributed by atoms with van der Waals surface area (Å²) in [7, 11) is 0. The van der Waals surface area contributed by atoms with Crippen molar-refractivity contribution in [3.8, 4) is 0 Å². The summed E-state index contributed by atoms with van der Waals surface area (Å²) in [5, 5.41) is 1.13. The van der Waals surface area contributed by atoms with Gasteiger partial charge < -0.3 is 4.74 Å². The number of ether oxygens (including phenoxy) is 1. The Bertz CT molecular complexity index is 806. The van der Waals surface area contributed by atoms with E-state index in [1.165, 1.54) is 0 Å². The van der Waals surface area contributed by atoms with Gasteiger partial charge in [-0.1, -0.05) is 36.4 Å². The van der Waals surface area contributed by atoms with Crippen LogP contribution < -0.4 is 0 Å². The van der Waals surface area contributed by atoms with Crippen LogP contribution in [0.25, 0.3) is 10.9 Å². The van der Waals surface area contributed by atoms with Crippen LogP contribution in [0.4, 0.5) is 0 Å². The molecule has 0 aliphatic carbocycles. The van der Waals surface area contributed by atoms with Gasteiger partial charge in [-0.05, 0) is 42.7 Å². The summed E-state index contributed by atoms with van der Waals surface area (Å²) in [5.74, 6) is -0.277. The molecule has 0 amide bonds. The molecule has 0 bridgehead atoms. The van der Waals surface area contributed by atoms with Crippen LogP contribution in [0.15, 0.2) is 60.8 Å². The Labute approximate surface area is 129 Å². The fraction of sp³-hybridized carbons (Fsp3) is 0.158. The second kappa shape index (κ2) is 6.39. The van der Waals surface area contributed by atoms with Crippen LogP contribution >= 0.6 is 0 Å². The summed E-state index contributed by atoms with van der Waals surface area (Å²) in [6.45, 7) is 2.19. The normalized spacial score (nSPS) is 10.6. The van der Waals surface area contributed by atoms with E-state index in [2.05, 4.69) is 23.2 Å². The predicted octanol–water partition coefficient (Wildman–Crippen LogP) is 4.00. The van der Waals surface area contributed by atoms with E-state index in [9.17, 15) is 4.79 Å². The van der Waals surface area contributed by atoms with Crippen molar-refractivity contribution in [2.45, 2.75) is 13.3 Å². The Morgan fingerprint density at radius 2 is 1.91 bits per heavy atom. The minimum Gasteiger partial charge on any atom is -0.462 e. The Hall–Kier alpha value is -2.68. The lowest BCUT2D eigenvalue weighted by Crippen LogP contribution is -2.05. The average Bonchev–Trinajstić information content (AvgIpc) is 2.56. The molecular formula is C19H17NO2. The summed E-state index contributed by atoms with van der Waals surface area (Å²) in [4.78, 5) is 16.3. The molecule has 3 heteroatoms. The van der Waals surface area contributed by atoms with Gasteiger partial charge in [-0.15, -0.1) is 0 Å². The first kappa shape index (κ1) is 14.3. The van der Waals surface area contributed by atoms with Crippen molar-refractivity contribution in [3.05, 3.63) is 77.5 Å². The van der Waals surface area contributed by atoms with E-state index >= 15 is 0 Å². The summed E-state index contributed by atoms with van der Waals surface area (Å²) in [6.07, 6.45) is 2.54. The minimum absolute atomic E-state index is 0.277. The van der Waals surface area contributed by atoms with Crippen molar-refractivity contribution in [1.29, 1.82) is 0 Å². The van der Waals surface area contributed by atoms with Gasteiger partial charge in [0.15, 0.2) is 0 Å². The summed E-state index contributed by atoms with van der Waals surface area (Å²) in [5.41, 5.74) is 3.82. The topological polar surface area (TPSA) is 39.2 Å². The van der Waals surface area contributed by atoms with Crippen molar-refractivity contribution < 1.29 is 9.53 Å². The van der Waals surface area contributed by atoms with Crippen molar-refractivity contribution in [2.24, 2.45) is 0 Å². The number of fused-ring (bicyclic) bond motifs is 1. The molecule has 0 radical (unpaired) electrons. The van der Waals surface area contributed by atoms with Crippen LogP contribution in [0, 0.1) is 0 Å². The third-order valence-electron chi connectivity index (χ3n) is 3.55. The van der Waals surface area contributed by atoms with Gasteiger partial charge in [0.25, 0.3) is 0 Å². The lowest BCUT2D eigenvalue weighted by molar-refractivity contribution is 0.0526. The number of esters is 1. The summed E-state index contributed by atoms with van der Waals surface area (Å²) in [6, 6.07) is 17.7. The Morgan fingerprint density at radius 1 is 1.09 bits per heavy atom. The lowest BCUT2D eigenvalue weighted by atomic mass is 10.0. The van der Waals surface area contributed by atoms with Crippen LogP contribution in [0.1, 0.15) is 28.4 Å². The Kier molecular flexibility index (Phi) is 4.15. The van der Waals surface area contributed by atoms with E-state index in [0.29, 0.717) is 12.2 Å². The van der Waals surface area contributed by atoms with Crippen LogP contribution in [-0.4, -0.2) is 17.6 Å². The second-order valence-electron chi connectivity index (χ2n) is 5.09. The van der Waals surface area contributed by atoms with Crippen molar-refractivity contribution in [2.75, 3.05) is 6.61 Å². The van der Waals surface area contributed by atoms with Crippen LogP contribution in [0.3, 0.4) is 0 Å². The first-order valence-electron chi connectivity index (χ1n) is 7.36. The highest BCUT2D eigenvalue weighted by molar-refractivity contribution is 5.89. The van der Waals surface area contributed by atoms with Gasteiger partial charge in [-0.25, -0.2) is 4.79 Å². The molecular weight excluding hydrogens is 274 g/mol. The summed E-state index contributed by atoms with van der Waals surface area (Å²) < 4.78 is 5.05. The predicted molar refractivity (Wildman–Crippen MR) is 86.9 cm³/mol. The molecule has 0 saturated carbocycles. The SMILES string of the molecule is CCOC(=O)c1cccc(Cc2cccc3cccnc23)c1. The molecule has 3 nitrogen and oxygen atoms in total. The monoisotopic (exact) mass is 291 g/mol. The van der Waals surface area contributed by atoms with Gasteiger partial charge in [0, 0.05) is 11.6 Å². The van der Waals surface area contributed by atoms with Gasteiger partial charge in [-0.3, -0.25) is 4.98 Å². The number of para-hydroxylation sites is 1. The first-order chi connectivity index (χ1) is 10.8. The van der Waals surface area contributed by atoms with Gasteiger partial charge in [0.2, 0.25) is 0 Å². The third-order valence-corrected chi connectivity index (χ3v) is 3.55. The molecule has 110 valence electrons. The number of nitrogens with zero attached hydrogens (tertiary/aromatic N) is 1. The highest BCUT2D eigenvalue weighted by atomic mass is 16.5. The molecule has 0 unspecified atom stereocenters. The van der Waals surface area contributed by atoms with E-state index in [-0.39, 0.29) is 5.97 Å². The number of carbonyl (C=O) groups is 1. The van der Waals surface area contributed by atoms with E-state index in [1.54, 1.807) is 12.3 Å². The lowest BCUT2D eigenvalue weighted by Gasteiger charge is -2.07. The number of benzene rings is 2. The number of rotatable bonds is 4. The van der Waals surface area contributed by atoms with Crippen LogP contribution in [0.5, 0.6) is 0 Å². The molecule has 0 saturated heterocycles. The maximum Gasteiger partial charge on any atom is 0.338 e. The average molecular weight is 291 g/mol. The largest absolute Gasteiger partial charge is 0.462 e. The van der Waals surface area contributed by atoms with E-state index in [1.807, 2.05) is 37.3 Å². The molecule has 3 aromatic rings. The number of hydrogen-bond donors (Lipinski definition) is 0. The molecule has 1 aromatic heterocycles. The van der Waals surface area contributed by atoms with Crippen molar-refractivity contribution in [3.63, 3.8) is 0 Å². The Balaban J connectivity index is 1.92. The summed E-state index contributed by atoms with van der Waals surface area (Å²) >= 11 is 0. The zero-order valence-corrected chi connectivity index (χ0v) is 12.5. The zero-order valence-electron chi connectivity index (χ0n) is 12.5. The highest BCUT2D eigenvalue weighted by Gasteiger charge is 2.08. The van der Waals surface area contributed by atoms with Gasteiger partial charge in [0.05, 0.1) is 17.7 Å². The Morgan fingerprint density at radius 3 is 2.77 bits per heavy atom. The van der Waals surface area contributed by atoms with Crippen molar-refractivity contribution >= 4 is 16.9 Å². The molecule has 1 heterocycles. The third kappa shape index (κ3) is 2.98. The maximum atomic E-state index is 11.8. The minimum atomic E-state index is -0.277. The molecule has 0 fully saturated rings. The smallest absolute Gasteiger partial charge is 0.338 e. The fourth-order valence-electron chi connectivity index (χ4n) is 2.55. The van der Waals surface area contributed by atoms with Crippen LogP contribution in [0.2, 0.25) is 0 Å². The van der Waals surface area contributed by atoms with Crippen molar-refractivity contribution in [1.82, 2.24) is 4.98 Å². The van der Waals surface area contributed by atoms with Crippen LogP contribution in [-0.2, 0) is 11.2 Å². The van der Waals surface area contributed by atoms with Gasteiger partial charge in [0.1, 0.15) is 0 Å². The zero-order chi connectivity index (χ0) is 15.4. The highest BCUT2D eigenvalue weighted by Crippen LogP contribution is 2.20.